The van der Waals surface area contributed by atoms with Crippen LogP contribution in [0.5, 0.6) is 0 Å². The molecule has 0 unspecified atom stereocenters. The molecule has 0 saturated heterocycles. The summed E-state index contributed by atoms with van der Waals surface area (Å²) in [5.74, 6) is 0. The fraction of sp³-hybridized carbons (Fsp3) is 0.143. The summed E-state index contributed by atoms with van der Waals surface area (Å²) in [5.41, 5.74) is 1.89. The number of fused-ring (bicyclic) bond motifs is 1. The molecule has 0 bridgehead atoms. The molecule has 0 N–H and O–H groups in total. The van der Waals surface area contributed by atoms with Gasteiger partial charge in [0.15, 0.2) is 0 Å². The van der Waals surface area contributed by atoms with Crippen LogP contribution in [0.4, 0.5) is 0 Å². The SMILES string of the molecule is Cn1nnc2c(Br)ccc(Br)c21. The normalized spacial score (nSPS) is 10.9. The largest absolute Gasteiger partial charge is 0.247 e. The zero-order valence-electron chi connectivity index (χ0n) is 6.25. The molecule has 5 heteroatoms. The quantitative estimate of drug-likeness (QED) is 0.746. The number of rotatable bonds is 0. The van der Waals surface area contributed by atoms with Crippen LogP contribution in [-0.4, -0.2) is 15.0 Å². The van der Waals surface area contributed by atoms with Crippen molar-refractivity contribution in [2.45, 2.75) is 0 Å². The second kappa shape index (κ2) is 2.81. The molecule has 0 atom stereocenters. The highest BCUT2D eigenvalue weighted by Gasteiger charge is 2.07. The van der Waals surface area contributed by atoms with Gasteiger partial charge >= 0.3 is 0 Å². The topological polar surface area (TPSA) is 30.7 Å². The van der Waals surface area contributed by atoms with E-state index in [4.69, 9.17) is 0 Å². The minimum Gasteiger partial charge on any atom is -0.247 e. The fourth-order valence-corrected chi connectivity index (χ4v) is 2.07. The van der Waals surface area contributed by atoms with E-state index in [-0.39, 0.29) is 0 Å². The average molecular weight is 291 g/mol. The molecule has 0 spiro atoms. The first kappa shape index (κ1) is 8.19. The van der Waals surface area contributed by atoms with E-state index in [0.29, 0.717) is 0 Å². The van der Waals surface area contributed by atoms with Gasteiger partial charge in [-0.05, 0) is 44.0 Å². The maximum absolute atomic E-state index is 4.01. The van der Waals surface area contributed by atoms with Gasteiger partial charge < -0.3 is 0 Å². The van der Waals surface area contributed by atoms with Crippen molar-refractivity contribution < 1.29 is 0 Å². The van der Waals surface area contributed by atoms with Gasteiger partial charge in [0.05, 0.1) is 0 Å². The van der Waals surface area contributed by atoms with Gasteiger partial charge in [-0.3, -0.25) is 0 Å². The summed E-state index contributed by atoms with van der Waals surface area (Å²) in [6, 6.07) is 3.91. The molecule has 0 radical (unpaired) electrons. The van der Waals surface area contributed by atoms with Gasteiger partial charge in [-0.2, -0.15) is 0 Å². The Morgan fingerprint density at radius 2 is 1.92 bits per heavy atom. The van der Waals surface area contributed by atoms with Crippen molar-refractivity contribution in [1.82, 2.24) is 15.0 Å². The number of hydrogen-bond acceptors (Lipinski definition) is 2. The smallest absolute Gasteiger partial charge is 0.128 e. The van der Waals surface area contributed by atoms with E-state index in [1.807, 2.05) is 19.2 Å². The first-order valence-corrected chi connectivity index (χ1v) is 4.92. The van der Waals surface area contributed by atoms with Gasteiger partial charge in [0.25, 0.3) is 0 Å². The Bertz CT molecular complexity index is 435. The molecule has 1 aromatic heterocycles. The van der Waals surface area contributed by atoms with Crippen LogP contribution in [0, 0.1) is 0 Å². The average Bonchev–Trinajstić information content (AvgIpc) is 2.42. The molecule has 3 nitrogen and oxygen atoms in total. The minimum absolute atomic E-state index is 0.881. The Labute approximate surface area is 86.0 Å². The van der Waals surface area contributed by atoms with Crippen LogP contribution in [0.2, 0.25) is 0 Å². The highest BCUT2D eigenvalue weighted by atomic mass is 79.9. The first-order chi connectivity index (χ1) is 5.70. The van der Waals surface area contributed by atoms with Crippen molar-refractivity contribution in [3.63, 3.8) is 0 Å². The lowest BCUT2D eigenvalue weighted by molar-refractivity contribution is 0.735. The number of hydrogen-bond donors (Lipinski definition) is 0. The summed E-state index contributed by atoms with van der Waals surface area (Å²) >= 11 is 6.85. The molecule has 0 aliphatic heterocycles. The fourth-order valence-electron chi connectivity index (χ4n) is 1.09. The number of nitrogens with zero attached hydrogens (tertiary/aromatic N) is 3. The summed E-state index contributed by atoms with van der Waals surface area (Å²) in [5, 5.41) is 7.94. The molecule has 0 amide bonds. The van der Waals surface area contributed by atoms with E-state index in [0.717, 1.165) is 20.0 Å². The predicted octanol–water partition coefficient (Wildman–Crippen LogP) is 2.49. The Balaban J connectivity index is 2.98. The van der Waals surface area contributed by atoms with E-state index in [9.17, 15) is 0 Å². The van der Waals surface area contributed by atoms with Crippen LogP contribution in [0.25, 0.3) is 11.0 Å². The van der Waals surface area contributed by atoms with Crippen molar-refractivity contribution in [3.8, 4) is 0 Å². The summed E-state index contributed by atoms with van der Waals surface area (Å²) < 4.78 is 3.71. The van der Waals surface area contributed by atoms with Crippen LogP contribution in [0.15, 0.2) is 21.1 Å². The molecule has 2 rings (SSSR count). The van der Waals surface area contributed by atoms with Crippen molar-refractivity contribution in [2.24, 2.45) is 7.05 Å². The highest BCUT2D eigenvalue weighted by molar-refractivity contribution is 9.11. The molecule has 0 aliphatic rings. The van der Waals surface area contributed by atoms with Crippen LogP contribution >= 0.6 is 31.9 Å². The van der Waals surface area contributed by atoms with Gasteiger partial charge in [0, 0.05) is 16.0 Å². The summed E-state index contributed by atoms with van der Waals surface area (Å²) in [4.78, 5) is 0. The predicted molar refractivity (Wildman–Crippen MR) is 53.9 cm³/mol. The van der Waals surface area contributed by atoms with Crippen molar-refractivity contribution >= 4 is 42.9 Å². The molecule has 0 fully saturated rings. The van der Waals surface area contributed by atoms with Crippen LogP contribution < -0.4 is 0 Å². The van der Waals surface area contributed by atoms with Gasteiger partial charge in [-0.25, -0.2) is 4.68 Å². The van der Waals surface area contributed by atoms with Gasteiger partial charge in [0.1, 0.15) is 11.0 Å². The number of halogens is 2. The third-order valence-electron chi connectivity index (χ3n) is 1.66. The lowest BCUT2D eigenvalue weighted by atomic mass is 10.3. The van der Waals surface area contributed by atoms with E-state index < -0.39 is 0 Å². The third-order valence-corrected chi connectivity index (χ3v) is 2.94. The molecule has 62 valence electrons. The Morgan fingerprint density at radius 3 is 2.58 bits per heavy atom. The lowest BCUT2D eigenvalue weighted by Crippen LogP contribution is -1.89. The number of benzene rings is 1. The summed E-state index contributed by atoms with van der Waals surface area (Å²) in [6.45, 7) is 0. The molecule has 2 aromatic rings. The Kier molecular flexibility index (Phi) is 1.92. The van der Waals surface area contributed by atoms with Crippen LogP contribution in [0.1, 0.15) is 0 Å². The maximum Gasteiger partial charge on any atom is 0.128 e. The van der Waals surface area contributed by atoms with Gasteiger partial charge in [0.2, 0.25) is 0 Å². The Morgan fingerprint density at radius 1 is 1.25 bits per heavy atom. The summed E-state index contributed by atoms with van der Waals surface area (Å²) in [6.07, 6.45) is 0. The van der Waals surface area contributed by atoms with Gasteiger partial charge in [-0.1, -0.05) is 5.21 Å². The van der Waals surface area contributed by atoms with E-state index >= 15 is 0 Å². The molecule has 0 saturated carbocycles. The van der Waals surface area contributed by atoms with Gasteiger partial charge in [-0.15, -0.1) is 5.10 Å². The Hall–Kier alpha value is -0.420. The lowest BCUT2D eigenvalue weighted by Gasteiger charge is -1.96. The van der Waals surface area contributed by atoms with E-state index in [2.05, 4.69) is 42.2 Å². The number of aryl methyl sites for hydroxylation is 1. The van der Waals surface area contributed by atoms with Crippen molar-refractivity contribution in [2.75, 3.05) is 0 Å². The van der Waals surface area contributed by atoms with E-state index in [1.54, 1.807) is 4.68 Å². The molecule has 12 heavy (non-hydrogen) atoms. The zero-order chi connectivity index (χ0) is 8.72. The van der Waals surface area contributed by atoms with Crippen molar-refractivity contribution in [3.05, 3.63) is 21.1 Å². The molecule has 1 aromatic carbocycles. The molecule has 1 heterocycles. The zero-order valence-corrected chi connectivity index (χ0v) is 9.42. The standard InChI is InChI=1S/C7H5Br2N3/c1-12-7-5(9)3-2-4(8)6(7)10-11-12/h2-3H,1H3. The second-order valence-electron chi connectivity index (χ2n) is 2.44. The summed E-state index contributed by atoms with van der Waals surface area (Å²) in [7, 11) is 1.87. The molecular weight excluding hydrogens is 286 g/mol. The van der Waals surface area contributed by atoms with Crippen LogP contribution in [0.3, 0.4) is 0 Å². The monoisotopic (exact) mass is 289 g/mol. The molecular formula is C7H5Br2N3. The number of aromatic nitrogens is 3. The van der Waals surface area contributed by atoms with E-state index in [1.165, 1.54) is 0 Å². The minimum atomic E-state index is 0.881. The highest BCUT2D eigenvalue weighted by Crippen LogP contribution is 2.27. The maximum atomic E-state index is 4.01. The second-order valence-corrected chi connectivity index (χ2v) is 4.15. The first-order valence-electron chi connectivity index (χ1n) is 3.33. The molecule has 0 aliphatic carbocycles. The third kappa shape index (κ3) is 1.08. The van der Waals surface area contributed by atoms with Crippen LogP contribution in [-0.2, 0) is 7.05 Å². The van der Waals surface area contributed by atoms with Crippen molar-refractivity contribution in [1.29, 1.82) is 0 Å².